The molecule has 6 nitrogen and oxygen atoms in total. The first-order chi connectivity index (χ1) is 10.3. The maximum atomic E-state index is 14.7. The third-order valence-corrected chi connectivity index (χ3v) is 3.22. The molecule has 0 radical (unpaired) electrons. The minimum Gasteiger partial charge on any atom is -0.491 e. The lowest BCUT2D eigenvalue weighted by Crippen LogP contribution is -2.18. The molecule has 0 spiro atoms. The number of nitrogens with zero attached hydrogens (tertiary/aromatic N) is 3. The normalized spacial score (nSPS) is 11.3. The summed E-state index contributed by atoms with van der Waals surface area (Å²) in [6.07, 6.45) is 0. The van der Waals surface area contributed by atoms with Crippen LogP contribution >= 0.6 is 0 Å². The number of nitriles is 1. The summed E-state index contributed by atoms with van der Waals surface area (Å²) in [5.74, 6) is -0.509. The molecule has 1 aromatic heterocycles. The van der Waals surface area contributed by atoms with Crippen LogP contribution in [0.1, 0.15) is 32.2 Å². The Morgan fingerprint density at radius 1 is 1.14 bits per heavy atom. The van der Waals surface area contributed by atoms with Crippen LogP contribution in [-0.4, -0.2) is 24.2 Å². The van der Waals surface area contributed by atoms with E-state index < -0.39 is 11.2 Å². The van der Waals surface area contributed by atoms with Gasteiger partial charge in [-0.2, -0.15) is 5.26 Å². The van der Waals surface area contributed by atoms with Crippen LogP contribution in [0.15, 0.2) is 0 Å². The topological polar surface area (TPSA) is 94.0 Å². The van der Waals surface area contributed by atoms with Gasteiger partial charge < -0.3 is 15.2 Å². The maximum Gasteiger partial charge on any atom is 0.200 e. The Morgan fingerprint density at radius 3 is 2.18 bits per heavy atom. The van der Waals surface area contributed by atoms with Crippen LogP contribution in [-0.2, 0) is 5.41 Å². The number of ether oxygens (including phenoxy) is 2. The standard InChI is InChI=1S/C15H17FN4O2/c1-15(2,3)14-19-10-8(13(18)20-14)7(6-17)11(21-4)12(22-5)9(10)16/h1-5H3,(H2,18,19,20). The van der Waals surface area contributed by atoms with Gasteiger partial charge in [-0.25, -0.2) is 14.4 Å². The number of benzene rings is 1. The minimum absolute atomic E-state index is 0.0196. The summed E-state index contributed by atoms with van der Waals surface area (Å²) in [6.45, 7) is 5.66. The molecule has 2 aromatic rings. The molecule has 0 amide bonds. The lowest BCUT2D eigenvalue weighted by atomic mass is 9.95. The molecule has 0 atom stereocenters. The van der Waals surface area contributed by atoms with E-state index in [1.54, 1.807) is 0 Å². The first kappa shape index (κ1) is 15.8. The van der Waals surface area contributed by atoms with Crippen LogP contribution in [0, 0.1) is 17.1 Å². The zero-order valence-corrected chi connectivity index (χ0v) is 13.1. The Hall–Kier alpha value is -2.62. The molecule has 0 aliphatic rings. The molecule has 2 rings (SSSR count). The number of rotatable bonds is 2. The highest BCUT2D eigenvalue weighted by atomic mass is 19.1. The van der Waals surface area contributed by atoms with Crippen molar-refractivity contribution in [2.45, 2.75) is 26.2 Å². The summed E-state index contributed by atoms with van der Waals surface area (Å²) < 4.78 is 24.9. The van der Waals surface area contributed by atoms with Gasteiger partial charge in [0.15, 0.2) is 11.6 Å². The van der Waals surface area contributed by atoms with E-state index >= 15 is 0 Å². The third kappa shape index (κ3) is 2.26. The van der Waals surface area contributed by atoms with Crippen molar-refractivity contribution in [3.8, 4) is 17.6 Å². The number of hydrogen-bond acceptors (Lipinski definition) is 6. The lowest BCUT2D eigenvalue weighted by Gasteiger charge is -2.19. The number of nitrogens with two attached hydrogens (primary N) is 1. The Kier molecular flexibility index (Phi) is 3.79. The smallest absolute Gasteiger partial charge is 0.200 e. The van der Waals surface area contributed by atoms with E-state index in [0.717, 1.165) is 0 Å². The molecular weight excluding hydrogens is 287 g/mol. The summed E-state index contributed by atoms with van der Waals surface area (Å²) in [5, 5.41) is 9.52. The molecule has 0 bridgehead atoms. The van der Waals surface area contributed by atoms with Crippen molar-refractivity contribution < 1.29 is 13.9 Å². The van der Waals surface area contributed by atoms with Crippen LogP contribution in [0.2, 0.25) is 0 Å². The predicted octanol–water partition coefficient (Wildman–Crippen LogP) is 2.54. The summed E-state index contributed by atoms with van der Waals surface area (Å²) in [4.78, 5) is 8.45. The van der Waals surface area contributed by atoms with E-state index in [1.165, 1.54) is 14.2 Å². The summed E-state index contributed by atoms with van der Waals surface area (Å²) >= 11 is 0. The van der Waals surface area contributed by atoms with E-state index in [9.17, 15) is 9.65 Å². The number of hydrogen-bond donors (Lipinski definition) is 1. The monoisotopic (exact) mass is 304 g/mol. The van der Waals surface area contributed by atoms with Crippen molar-refractivity contribution in [2.24, 2.45) is 0 Å². The molecule has 0 saturated carbocycles. The second-order valence-electron chi connectivity index (χ2n) is 5.77. The van der Waals surface area contributed by atoms with E-state index in [1.807, 2.05) is 26.8 Å². The third-order valence-electron chi connectivity index (χ3n) is 3.22. The highest BCUT2D eigenvalue weighted by Crippen LogP contribution is 2.41. The van der Waals surface area contributed by atoms with Crippen molar-refractivity contribution in [3.63, 3.8) is 0 Å². The molecular formula is C15H17FN4O2. The highest BCUT2D eigenvalue weighted by Gasteiger charge is 2.27. The molecule has 0 unspecified atom stereocenters. The number of fused-ring (bicyclic) bond motifs is 1. The summed E-state index contributed by atoms with van der Waals surface area (Å²) in [7, 11) is 2.62. The quantitative estimate of drug-likeness (QED) is 0.916. The SMILES string of the molecule is COc1c(OC)c(C#N)c2c(N)nc(C(C)(C)C)nc2c1F. The molecule has 22 heavy (non-hydrogen) atoms. The lowest BCUT2D eigenvalue weighted by molar-refractivity contribution is 0.338. The van der Waals surface area contributed by atoms with Gasteiger partial charge in [0.05, 0.1) is 19.6 Å². The Labute approximate surface area is 127 Å². The van der Waals surface area contributed by atoms with Gasteiger partial charge in [0.1, 0.15) is 28.8 Å². The first-order valence-corrected chi connectivity index (χ1v) is 6.57. The van der Waals surface area contributed by atoms with Crippen LogP contribution in [0.5, 0.6) is 11.5 Å². The average molecular weight is 304 g/mol. The van der Waals surface area contributed by atoms with Gasteiger partial charge in [-0.15, -0.1) is 0 Å². The van der Waals surface area contributed by atoms with E-state index in [2.05, 4.69) is 9.97 Å². The number of anilines is 1. The van der Waals surface area contributed by atoms with Gasteiger partial charge in [-0.05, 0) is 0 Å². The predicted molar refractivity (Wildman–Crippen MR) is 80.4 cm³/mol. The fourth-order valence-corrected chi connectivity index (χ4v) is 2.14. The summed E-state index contributed by atoms with van der Waals surface area (Å²) in [5.41, 5.74) is 5.53. The van der Waals surface area contributed by atoms with Crippen LogP contribution < -0.4 is 15.2 Å². The largest absolute Gasteiger partial charge is 0.491 e. The molecule has 0 saturated heterocycles. The molecule has 0 aliphatic carbocycles. The minimum atomic E-state index is -0.729. The molecule has 1 aromatic carbocycles. The van der Waals surface area contributed by atoms with Gasteiger partial charge >= 0.3 is 0 Å². The zero-order chi connectivity index (χ0) is 16.7. The number of aromatic nitrogens is 2. The molecule has 0 fully saturated rings. The van der Waals surface area contributed by atoms with Gasteiger partial charge in [0.25, 0.3) is 0 Å². The number of nitrogen functional groups attached to an aromatic ring is 1. The molecule has 7 heteroatoms. The fraction of sp³-hybridized carbons (Fsp3) is 0.400. The van der Waals surface area contributed by atoms with Crippen molar-refractivity contribution in [1.82, 2.24) is 9.97 Å². The number of halogens is 1. The zero-order valence-electron chi connectivity index (χ0n) is 13.1. The van der Waals surface area contributed by atoms with E-state index in [4.69, 9.17) is 15.2 Å². The highest BCUT2D eigenvalue weighted by molar-refractivity contribution is 5.97. The maximum absolute atomic E-state index is 14.7. The first-order valence-electron chi connectivity index (χ1n) is 6.57. The van der Waals surface area contributed by atoms with E-state index in [-0.39, 0.29) is 33.8 Å². The Bertz CT molecular complexity index is 791. The molecule has 1 heterocycles. The summed E-state index contributed by atoms with van der Waals surface area (Å²) in [6, 6.07) is 1.96. The second kappa shape index (κ2) is 5.30. The van der Waals surface area contributed by atoms with Gasteiger partial charge in [-0.1, -0.05) is 20.8 Å². The van der Waals surface area contributed by atoms with Crippen LogP contribution in [0.4, 0.5) is 10.2 Å². The van der Waals surface area contributed by atoms with Crippen LogP contribution in [0.3, 0.4) is 0 Å². The second-order valence-corrected chi connectivity index (χ2v) is 5.77. The number of methoxy groups -OCH3 is 2. The molecule has 2 N–H and O–H groups in total. The van der Waals surface area contributed by atoms with E-state index in [0.29, 0.717) is 5.82 Å². The Balaban J connectivity index is 3.04. The van der Waals surface area contributed by atoms with Gasteiger partial charge in [-0.3, -0.25) is 0 Å². The molecule has 0 aliphatic heterocycles. The molecule has 116 valence electrons. The van der Waals surface area contributed by atoms with Crippen molar-refractivity contribution in [1.29, 1.82) is 5.26 Å². The van der Waals surface area contributed by atoms with Gasteiger partial charge in [0, 0.05) is 5.41 Å². The van der Waals surface area contributed by atoms with Gasteiger partial charge in [0.2, 0.25) is 5.75 Å². The van der Waals surface area contributed by atoms with Crippen molar-refractivity contribution in [3.05, 3.63) is 17.2 Å². The Morgan fingerprint density at radius 2 is 1.73 bits per heavy atom. The fourth-order valence-electron chi connectivity index (χ4n) is 2.14. The average Bonchev–Trinajstić information content (AvgIpc) is 2.46. The van der Waals surface area contributed by atoms with Crippen molar-refractivity contribution in [2.75, 3.05) is 20.0 Å². The van der Waals surface area contributed by atoms with Crippen molar-refractivity contribution >= 4 is 16.7 Å². The van der Waals surface area contributed by atoms with Crippen LogP contribution in [0.25, 0.3) is 10.9 Å².